The van der Waals surface area contributed by atoms with E-state index in [1.165, 1.54) is 0 Å². The van der Waals surface area contributed by atoms with E-state index >= 15 is 0 Å². The van der Waals surface area contributed by atoms with Crippen LogP contribution in [0.15, 0.2) is 32.8 Å². The number of amides is 1. The van der Waals surface area contributed by atoms with E-state index in [0.29, 0.717) is 23.7 Å². The van der Waals surface area contributed by atoms with Gasteiger partial charge in [-0.1, -0.05) is 0 Å². The number of unbranched alkanes of at least 4 members (excludes halogenated alkanes) is 1. The Labute approximate surface area is 217 Å². The molecule has 2 rings (SSSR count). The van der Waals surface area contributed by atoms with Crippen LogP contribution in [-0.4, -0.2) is 59.8 Å². The number of ether oxygens (including phenoxy) is 1. The van der Waals surface area contributed by atoms with Gasteiger partial charge in [-0.2, -0.15) is 0 Å². The predicted molar refractivity (Wildman–Crippen MR) is 146 cm³/mol. The number of esters is 1. The van der Waals surface area contributed by atoms with Gasteiger partial charge in [-0.15, -0.1) is 0 Å². The highest BCUT2D eigenvalue weighted by Gasteiger charge is 2.12. The number of nitrogens with one attached hydrogen (secondary N) is 4. The molecule has 37 heavy (non-hydrogen) atoms. The number of carbonyl (C=O) groups is 2. The molecular weight excluding hydrogens is 476 g/mol. The third-order valence-electron chi connectivity index (χ3n) is 5.49. The molecule has 2 aromatic rings. The lowest BCUT2D eigenvalue weighted by molar-refractivity contribution is -0.136. The molecule has 0 spiro atoms. The number of anilines is 1. The molecule has 0 radical (unpaired) electrons. The van der Waals surface area contributed by atoms with Crippen molar-refractivity contribution in [3.8, 4) is 0 Å². The van der Waals surface area contributed by atoms with Gasteiger partial charge in [-0.05, 0) is 72.1 Å². The average Bonchev–Trinajstić information content (AvgIpc) is 2.82. The SMILES string of the molecule is CCN(CCCCNC(=O)CCCC(=O)O/C(=N/C(C)C)NC(C)C)c1ccc2c(=O)[nH][nH]c(=O)c2c1. The summed E-state index contributed by atoms with van der Waals surface area (Å²) in [5, 5.41) is 11.3. The first kappa shape index (κ1) is 29.6. The van der Waals surface area contributed by atoms with Crippen LogP contribution < -0.4 is 26.7 Å². The van der Waals surface area contributed by atoms with E-state index < -0.39 is 5.97 Å². The second-order valence-corrected chi connectivity index (χ2v) is 9.43. The number of aromatic amines is 2. The van der Waals surface area contributed by atoms with Gasteiger partial charge in [-0.3, -0.25) is 29.4 Å². The summed E-state index contributed by atoms with van der Waals surface area (Å²) >= 11 is 0. The summed E-state index contributed by atoms with van der Waals surface area (Å²) in [5.74, 6) is -0.518. The standard InChI is InChI=1S/C26H40N6O5/c1-6-32(19-12-13-20-21(16-19)25(36)31-30-24(20)35)15-8-7-14-27-22(33)10-9-11-23(34)37-26(28-17(2)3)29-18(4)5/h12-13,16-18H,6-11,14-15H2,1-5H3,(H,27,33)(H,28,29)(H,30,35)(H,31,36). The minimum Gasteiger partial charge on any atom is -0.393 e. The van der Waals surface area contributed by atoms with E-state index in [9.17, 15) is 19.2 Å². The van der Waals surface area contributed by atoms with Gasteiger partial charge in [0.15, 0.2) is 0 Å². The quantitative estimate of drug-likeness (QED) is 0.138. The van der Waals surface area contributed by atoms with Crippen LogP contribution in [0.4, 0.5) is 5.69 Å². The van der Waals surface area contributed by atoms with E-state index in [0.717, 1.165) is 31.6 Å². The maximum absolute atomic E-state index is 12.1. The van der Waals surface area contributed by atoms with Crippen molar-refractivity contribution in [3.05, 3.63) is 38.9 Å². The van der Waals surface area contributed by atoms with Crippen LogP contribution in [0.25, 0.3) is 10.8 Å². The Morgan fingerprint density at radius 1 is 1.00 bits per heavy atom. The summed E-state index contributed by atoms with van der Waals surface area (Å²) in [5.41, 5.74) is 0.205. The zero-order valence-corrected chi connectivity index (χ0v) is 22.5. The van der Waals surface area contributed by atoms with Crippen LogP contribution in [0, 0.1) is 0 Å². The molecule has 0 saturated carbocycles. The predicted octanol–water partition coefficient (Wildman–Crippen LogP) is 2.42. The molecule has 0 aliphatic heterocycles. The molecule has 4 N–H and O–H groups in total. The molecule has 1 heterocycles. The van der Waals surface area contributed by atoms with E-state index in [1.54, 1.807) is 12.1 Å². The maximum atomic E-state index is 12.1. The zero-order chi connectivity index (χ0) is 27.4. The minimum atomic E-state index is -0.416. The number of nitrogens with zero attached hydrogens (tertiary/aromatic N) is 2. The van der Waals surface area contributed by atoms with Gasteiger partial charge in [-0.25, -0.2) is 4.99 Å². The molecule has 1 amide bonds. The van der Waals surface area contributed by atoms with Gasteiger partial charge in [0.05, 0.1) is 10.8 Å². The number of H-pyrrole nitrogens is 2. The van der Waals surface area contributed by atoms with Crippen LogP contribution >= 0.6 is 0 Å². The van der Waals surface area contributed by atoms with Crippen LogP contribution in [0.5, 0.6) is 0 Å². The molecule has 0 aliphatic rings. The van der Waals surface area contributed by atoms with Gasteiger partial charge in [0.2, 0.25) is 5.91 Å². The Kier molecular flexibility index (Phi) is 11.9. The van der Waals surface area contributed by atoms with Gasteiger partial charge in [0.1, 0.15) is 0 Å². The van der Waals surface area contributed by atoms with Crippen molar-refractivity contribution in [1.82, 2.24) is 20.8 Å². The molecule has 11 heteroatoms. The van der Waals surface area contributed by atoms with Gasteiger partial charge in [0.25, 0.3) is 17.1 Å². The lowest BCUT2D eigenvalue weighted by atomic mass is 10.1. The lowest BCUT2D eigenvalue weighted by Crippen LogP contribution is -2.34. The first-order valence-electron chi connectivity index (χ1n) is 12.9. The van der Waals surface area contributed by atoms with Crippen molar-refractivity contribution in [3.63, 3.8) is 0 Å². The summed E-state index contributed by atoms with van der Waals surface area (Å²) in [6, 6.07) is 5.52. The fraction of sp³-hybridized carbons (Fsp3) is 0.577. The summed E-state index contributed by atoms with van der Waals surface area (Å²) < 4.78 is 5.30. The number of carbonyl (C=O) groups excluding carboxylic acids is 2. The largest absolute Gasteiger partial charge is 0.393 e. The zero-order valence-electron chi connectivity index (χ0n) is 22.5. The molecule has 1 aromatic heterocycles. The third kappa shape index (κ3) is 10.1. The molecule has 1 aromatic carbocycles. The molecule has 0 fully saturated rings. The van der Waals surface area contributed by atoms with Gasteiger partial charge < -0.3 is 20.3 Å². The number of benzene rings is 1. The highest BCUT2D eigenvalue weighted by molar-refractivity contribution is 5.88. The van der Waals surface area contributed by atoms with Crippen LogP contribution in [0.1, 0.15) is 66.7 Å². The van der Waals surface area contributed by atoms with Crippen LogP contribution in [0.2, 0.25) is 0 Å². The Bertz CT molecular complexity index is 1180. The second-order valence-electron chi connectivity index (χ2n) is 9.43. The fourth-order valence-corrected chi connectivity index (χ4v) is 3.70. The molecule has 0 atom stereocenters. The smallest absolute Gasteiger partial charge is 0.313 e. The second kappa shape index (κ2) is 14.8. The number of hydrogen-bond acceptors (Lipinski definition) is 7. The highest BCUT2D eigenvalue weighted by atomic mass is 16.6. The summed E-state index contributed by atoms with van der Waals surface area (Å²) in [7, 11) is 0. The Morgan fingerprint density at radius 3 is 2.35 bits per heavy atom. The van der Waals surface area contributed by atoms with Crippen molar-refractivity contribution >= 4 is 34.4 Å². The Balaban J connectivity index is 1.70. The molecule has 0 unspecified atom stereocenters. The fourth-order valence-electron chi connectivity index (χ4n) is 3.70. The monoisotopic (exact) mass is 516 g/mol. The van der Waals surface area contributed by atoms with Crippen LogP contribution in [-0.2, 0) is 14.3 Å². The summed E-state index contributed by atoms with van der Waals surface area (Å²) in [6.45, 7) is 11.7. The minimum absolute atomic E-state index is 0.00745. The number of rotatable bonds is 13. The van der Waals surface area contributed by atoms with E-state index in [4.69, 9.17) is 4.74 Å². The Morgan fingerprint density at radius 2 is 1.70 bits per heavy atom. The average molecular weight is 517 g/mol. The third-order valence-corrected chi connectivity index (χ3v) is 5.49. The van der Waals surface area contributed by atoms with E-state index in [1.807, 2.05) is 40.7 Å². The first-order valence-corrected chi connectivity index (χ1v) is 12.9. The number of amidine groups is 1. The number of aliphatic imine (C=N–C) groups is 1. The maximum Gasteiger partial charge on any atom is 0.313 e. The van der Waals surface area contributed by atoms with Crippen molar-refractivity contribution in [1.29, 1.82) is 0 Å². The first-order chi connectivity index (χ1) is 17.6. The molecule has 204 valence electrons. The highest BCUT2D eigenvalue weighted by Crippen LogP contribution is 2.18. The molecular formula is C26H40N6O5. The van der Waals surface area contributed by atoms with Crippen molar-refractivity contribution < 1.29 is 14.3 Å². The van der Waals surface area contributed by atoms with E-state index in [2.05, 4.69) is 30.7 Å². The number of aromatic nitrogens is 2. The van der Waals surface area contributed by atoms with Crippen molar-refractivity contribution in [2.75, 3.05) is 24.5 Å². The van der Waals surface area contributed by atoms with Crippen LogP contribution in [0.3, 0.4) is 0 Å². The Hall–Kier alpha value is -3.63. The van der Waals surface area contributed by atoms with Crippen molar-refractivity contribution in [2.45, 2.75) is 78.8 Å². The lowest BCUT2D eigenvalue weighted by Gasteiger charge is -2.23. The van der Waals surface area contributed by atoms with Gasteiger partial charge >= 0.3 is 5.97 Å². The normalized spacial score (nSPS) is 11.7. The van der Waals surface area contributed by atoms with Gasteiger partial charge in [0, 0.05) is 50.2 Å². The van der Waals surface area contributed by atoms with E-state index in [-0.39, 0.29) is 48.0 Å². The topological polar surface area (TPSA) is 149 Å². The molecule has 11 nitrogen and oxygen atoms in total. The molecule has 0 aliphatic carbocycles. The summed E-state index contributed by atoms with van der Waals surface area (Å²) in [6.07, 6.45) is 2.40. The summed E-state index contributed by atoms with van der Waals surface area (Å²) in [4.78, 5) is 54.6. The molecule has 0 bridgehead atoms. The molecule has 0 saturated heterocycles. The van der Waals surface area contributed by atoms with Crippen molar-refractivity contribution in [2.24, 2.45) is 4.99 Å². The number of fused-ring (bicyclic) bond motifs is 1. The number of hydrogen-bond donors (Lipinski definition) is 4.